The Bertz CT molecular complexity index is 3290. The van der Waals surface area contributed by atoms with E-state index in [2.05, 4.69) is 0 Å². The first-order chi connectivity index (χ1) is 28.6. The minimum absolute atomic E-state index is 0.0500. The van der Waals surface area contributed by atoms with Gasteiger partial charge in [0.2, 0.25) is 0 Å². The highest BCUT2D eigenvalue weighted by Crippen LogP contribution is 2.45. The lowest BCUT2D eigenvalue weighted by Crippen LogP contribution is -1.91. The van der Waals surface area contributed by atoms with Gasteiger partial charge in [-0.1, -0.05) is 163 Å². The molecule has 0 aliphatic rings. The molecule has 9 rings (SSSR count). The van der Waals surface area contributed by atoms with Crippen LogP contribution in [0.25, 0.3) is 88.0 Å². The van der Waals surface area contributed by atoms with E-state index in [1.165, 1.54) is 0 Å². The largest absolute Gasteiger partial charge is 0.455 e. The Morgan fingerprint density at radius 2 is 0.822 bits per heavy atom. The molecule has 0 bridgehead atoms. The van der Waals surface area contributed by atoms with Crippen molar-refractivity contribution in [2.24, 2.45) is 0 Å². The molecule has 1 aromatic heterocycles. The molecule has 0 fully saturated rings. The summed E-state index contributed by atoms with van der Waals surface area (Å²) < 4.78 is 140. The number of hydrogen-bond donors (Lipinski definition) is 0. The molecule has 45 heavy (non-hydrogen) atoms. The van der Waals surface area contributed by atoms with Crippen molar-refractivity contribution in [3.63, 3.8) is 0 Å². The van der Waals surface area contributed by atoms with Gasteiger partial charge in [-0.15, -0.1) is 0 Å². The van der Waals surface area contributed by atoms with Gasteiger partial charge in [0.15, 0.2) is 0 Å². The summed E-state index contributed by atoms with van der Waals surface area (Å²) in [6, 6.07) is 14.7. The summed E-state index contributed by atoms with van der Waals surface area (Å²) in [7, 11) is 0. The van der Waals surface area contributed by atoms with E-state index in [1.807, 2.05) is 78.9 Å². The molecule has 0 saturated carbocycles. The third-order valence-corrected chi connectivity index (χ3v) is 7.98. The van der Waals surface area contributed by atoms with Gasteiger partial charge in [0.25, 0.3) is 0 Å². The van der Waals surface area contributed by atoms with Crippen LogP contribution in [0.1, 0.15) is 20.6 Å². The van der Waals surface area contributed by atoms with Crippen molar-refractivity contribution >= 4 is 43.5 Å². The Kier molecular flexibility index (Phi) is 3.39. The molecule has 0 spiro atoms. The van der Waals surface area contributed by atoms with Crippen LogP contribution in [0.2, 0.25) is 0 Å². The fourth-order valence-electron chi connectivity index (χ4n) is 6.08. The molecule has 0 amide bonds. The zero-order chi connectivity index (χ0) is 42.8. The van der Waals surface area contributed by atoms with Gasteiger partial charge >= 0.3 is 0 Å². The van der Waals surface area contributed by atoms with E-state index in [9.17, 15) is 5.48 Å². The number of para-hydroxylation sites is 2. The number of benzene rings is 8. The predicted octanol–water partition coefficient (Wildman–Crippen LogP) is 12.6. The predicted molar refractivity (Wildman–Crippen MR) is 190 cm³/mol. The maximum absolute atomic E-state index is 9.85. The Hall–Kier alpha value is -5.92. The second-order valence-corrected chi connectivity index (χ2v) is 10.5. The smallest absolute Gasteiger partial charge is 0.143 e. The molecule has 0 aliphatic heterocycles. The Labute approximate surface area is 282 Å². The third kappa shape index (κ3) is 4.09. The summed E-state index contributed by atoms with van der Waals surface area (Å²) in [6.07, 6.45) is 0. The second-order valence-electron chi connectivity index (χ2n) is 10.5. The highest BCUT2D eigenvalue weighted by Gasteiger charge is 2.18. The van der Waals surface area contributed by atoms with E-state index in [-0.39, 0.29) is 21.9 Å². The lowest BCUT2D eigenvalue weighted by Gasteiger charge is -2.18. The maximum Gasteiger partial charge on any atom is 0.143 e. The van der Waals surface area contributed by atoms with E-state index in [4.69, 9.17) is 19.5 Å². The van der Waals surface area contributed by atoms with E-state index < -0.39 is 118 Å². The summed E-state index contributed by atoms with van der Waals surface area (Å²) in [5, 5.41) is 2.22. The van der Waals surface area contributed by atoms with Gasteiger partial charge in [-0.3, -0.25) is 0 Å². The van der Waals surface area contributed by atoms with Crippen LogP contribution in [0.15, 0.2) is 174 Å². The molecule has 0 aliphatic carbocycles. The number of furan rings is 1. The Morgan fingerprint density at radius 3 is 1.42 bits per heavy atom. The van der Waals surface area contributed by atoms with E-state index in [1.54, 1.807) is 0 Å². The molecule has 9 aromatic rings. The van der Waals surface area contributed by atoms with Gasteiger partial charge in [-0.2, -0.15) is 0 Å². The van der Waals surface area contributed by atoms with Crippen molar-refractivity contribution in [2.75, 3.05) is 0 Å². The highest BCUT2D eigenvalue weighted by molar-refractivity contribution is 6.21. The highest BCUT2D eigenvalue weighted by atomic mass is 16.3. The molecule has 1 nitrogen and oxygen atoms in total. The topological polar surface area (TPSA) is 13.1 Å². The van der Waals surface area contributed by atoms with Crippen molar-refractivity contribution in [2.45, 2.75) is 0 Å². The molecule has 8 aromatic carbocycles. The maximum atomic E-state index is 9.85. The first-order valence-electron chi connectivity index (χ1n) is 21.7. The van der Waals surface area contributed by atoms with Gasteiger partial charge in [0, 0.05) is 21.9 Å². The summed E-state index contributed by atoms with van der Waals surface area (Å²) >= 11 is 0. The van der Waals surface area contributed by atoms with Crippen LogP contribution < -0.4 is 0 Å². The number of fused-ring (bicyclic) bond motifs is 5. The van der Waals surface area contributed by atoms with Crippen LogP contribution in [0.3, 0.4) is 0 Å². The standard InChI is InChI=1S/C44H28O/c1-3-14-29(15-4-1)33-24-12-26-39-40-27-13-25-34(44(40)45-43(33)39)31-18-11-19-32(28-31)42-37-22-9-7-20-35(37)41(30-16-5-2-6-17-30)36-21-8-10-23-38(36)42/h1-28H/i1D,3D,4D,11D,12D,13D,14D,15D,18D,19D,24D,25D,26D,27D,28D. The van der Waals surface area contributed by atoms with Gasteiger partial charge in [0.05, 0.1) is 20.6 Å². The third-order valence-electron chi connectivity index (χ3n) is 7.98. The van der Waals surface area contributed by atoms with Crippen LogP contribution in [-0.2, 0) is 0 Å². The summed E-state index contributed by atoms with van der Waals surface area (Å²) in [6.45, 7) is 0. The molecule has 1 heteroatoms. The van der Waals surface area contributed by atoms with Crippen LogP contribution in [0.4, 0.5) is 0 Å². The normalized spacial score (nSPS) is 16.2. The monoisotopic (exact) mass is 587 g/mol. The van der Waals surface area contributed by atoms with Crippen molar-refractivity contribution in [3.8, 4) is 44.5 Å². The molecule has 210 valence electrons. The van der Waals surface area contributed by atoms with Crippen molar-refractivity contribution in [3.05, 3.63) is 169 Å². The van der Waals surface area contributed by atoms with E-state index >= 15 is 0 Å². The van der Waals surface area contributed by atoms with Crippen molar-refractivity contribution in [1.29, 1.82) is 0 Å². The zero-order valence-corrected chi connectivity index (χ0v) is 23.4. The molecular formula is C44H28O. The van der Waals surface area contributed by atoms with Crippen LogP contribution in [0.5, 0.6) is 0 Å². The van der Waals surface area contributed by atoms with Crippen LogP contribution in [0, 0.1) is 0 Å². The minimum Gasteiger partial charge on any atom is -0.455 e. The average Bonchev–Trinajstić information content (AvgIpc) is 3.65. The molecule has 0 radical (unpaired) electrons. The van der Waals surface area contributed by atoms with Crippen LogP contribution in [-0.4, -0.2) is 0 Å². The quantitative estimate of drug-likeness (QED) is 0.187. The molecule has 1 heterocycles. The number of rotatable bonds is 4. The average molecular weight is 588 g/mol. The lowest BCUT2D eigenvalue weighted by atomic mass is 9.85. The SMILES string of the molecule is [2H]c1c([2H])c([2H])c(-c2c([2H])c([2H])c([2H])c3c2oc2c(-c4c([2H])c([2H])c([2H])c(-c5c6ccccc6c(-c6ccccc6)c6ccccc56)c4[2H])c([2H])c([2H])c([2H])c23)c([2H])c1[2H]. The molecule has 0 N–H and O–H groups in total. The number of hydrogen-bond acceptors (Lipinski definition) is 1. The molecule has 0 saturated heterocycles. The van der Waals surface area contributed by atoms with Gasteiger partial charge in [-0.25, -0.2) is 0 Å². The van der Waals surface area contributed by atoms with Gasteiger partial charge in [-0.05, 0) is 61.0 Å². The molecular weight excluding hydrogens is 544 g/mol. The minimum atomic E-state index is -0.736. The van der Waals surface area contributed by atoms with Crippen molar-refractivity contribution < 1.29 is 25.0 Å². The van der Waals surface area contributed by atoms with E-state index in [0.29, 0.717) is 16.3 Å². The van der Waals surface area contributed by atoms with Crippen LogP contribution >= 0.6 is 0 Å². The Balaban J connectivity index is 1.46. The lowest BCUT2D eigenvalue weighted by molar-refractivity contribution is 0.671. The first-order valence-corrected chi connectivity index (χ1v) is 14.2. The van der Waals surface area contributed by atoms with Crippen molar-refractivity contribution in [1.82, 2.24) is 0 Å². The summed E-state index contributed by atoms with van der Waals surface area (Å²) in [4.78, 5) is 0. The fourth-order valence-corrected chi connectivity index (χ4v) is 6.08. The summed E-state index contributed by atoms with van der Waals surface area (Å²) in [5.41, 5.74) is -0.424. The van der Waals surface area contributed by atoms with Gasteiger partial charge < -0.3 is 4.42 Å². The molecule has 0 unspecified atom stereocenters. The van der Waals surface area contributed by atoms with Gasteiger partial charge in [0.1, 0.15) is 11.2 Å². The fraction of sp³-hybridized carbons (Fsp3) is 0. The molecule has 0 atom stereocenters. The van der Waals surface area contributed by atoms with E-state index in [0.717, 1.165) is 21.9 Å². The zero-order valence-electron chi connectivity index (χ0n) is 38.4. The second kappa shape index (κ2) is 10.4. The summed E-state index contributed by atoms with van der Waals surface area (Å²) in [5.74, 6) is 0. The Morgan fingerprint density at radius 1 is 0.356 bits per heavy atom. The first kappa shape index (κ1) is 14.7.